The van der Waals surface area contributed by atoms with Crippen LogP contribution in [-0.2, 0) is 0 Å². The van der Waals surface area contributed by atoms with E-state index in [9.17, 15) is 0 Å². The van der Waals surface area contributed by atoms with Crippen molar-refractivity contribution in [3.8, 4) is 11.8 Å². The van der Waals surface area contributed by atoms with E-state index in [2.05, 4.69) is 24.1 Å². The zero-order chi connectivity index (χ0) is 11.1. The first kappa shape index (κ1) is 12.1. The molecule has 0 saturated heterocycles. The van der Waals surface area contributed by atoms with Crippen LogP contribution >= 0.6 is 11.6 Å². The van der Waals surface area contributed by atoms with Crippen LogP contribution in [0.4, 0.5) is 0 Å². The van der Waals surface area contributed by atoms with Crippen LogP contribution in [0.15, 0.2) is 24.3 Å². The number of hydrogen-bond acceptors (Lipinski definition) is 1. The van der Waals surface area contributed by atoms with Crippen LogP contribution in [0.5, 0.6) is 0 Å². The van der Waals surface area contributed by atoms with Gasteiger partial charge in [-0.2, -0.15) is 0 Å². The van der Waals surface area contributed by atoms with E-state index in [0.29, 0.717) is 0 Å². The molecule has 1 aromatic carbocycles. The average Bonchev–Trinajstić information content (AvgIpc) is 2.25. The minimum absolute atomic E-state index is 0.275. The number of rotatable bonds is 4. The topological polar surface area (TPSA) is 12.0 Å². The Hall–Kier alpha value is -0.970. The number of benzene rings is 1. The van der Waals surface area contributed by atoms with Crippen molar-refractivity contribution in [2.24, 2.45) is 0 Å². The van der Waals surface area contributed by atoms with Gasteiger partial charge in [-0.25, -0.2) is 0 Å². The van der Waals surface area contributed by atoms with E-state index in [-0.39, 0.29) is 6.04 Å². The van der Waals surface area contributed by atoms with Gasteiger partial charge in [0.25, 0.3) is 0 Å². The molecule has 0 fully saturated rings. The predicted molar refractivity (Wildman–Crippen MR) is 65.9 cm³/mol. The van der Waals surface area contributed by atoms with Crippen molar-refractivity contribution in [3.63, 3.8) is 0 Å². The van der Waals surface area contributed by atoms with Crippen LogP contribution in [0.25, 0.3) is 0 Å². The summed E-state index contributed by atoms with van der Waals surface area (Å²) in [7, 11) is 0. The molecular formula is C13H16ClN. The van der Waals surface area contributed by atoms with E-state index >= 15 is 0 Å². The molecule has 1 aromatic rings. The Morgan fingerprint density at radius 2 is 2.13 bits per heavy atom. The third-order valence-electron chi connectivity index (χ3n) is 2.25. The molecule has 1 rings (SSSR count). The normalized spacial score (nSPS) is 11.7. The molecule has 0 bridgehead atoms. The maximum Gasteiger partial charge on any atom is 0.0453 e. The van der Waals surface area contributed by atoms with Crippen molar-refractivity contribution in [1.82, 2.24) is 5.32 Å². The maximum atomic E-state index is 6.09. The maximum absolute atomic E-state index is 6.09. The lowest BCUT2D eigenvalue weighted by atomic mass is 10.1. The highest BCUT2D eigenvalue weighted by Gasteiger charge is 2.06. The van der Waals surface area contributed by atoms with Crippen molar-refractivity contribution < 1.29 is 0 Å². The molecule has 2 heteroatoms. The van der Waals surface area contributed by atoms with Gasteiger partial charge in [0.1, 0.15) is 0 Å². The lowest BCUT2D eigenvalue weighted by molar-refractivity contribution is 0.584. The largest absolute Gasteiger partial charge is 0.309 e. The minimum atomic E-state index is 0.275. The van der Waals surface area contributed by atoms with Crippen molar-refractivity contribution in [2.45, 2.75) is 26.3 Å². The summed E-state index contributed by atoms with van der Waals surface area (Å²) in [6.07, 6.45) is 0.880. The molecule has 80 valence electrons. The Balaban J connectivity index is 2.49. The molecule has 0 amide bonds. The van der Waals surface area contributed by atoms with E-state index in [1.165, 1.54) is 0 Å². The van der Waals surface area contributed by atoms with Gasteiger partial charge in [-0.3, -0.25) is 0 Å². The van der Waals surface area contributed by atoms with Gasteiger partial charge in [0.2, 0.25) is 0 Å². The minimum Gasteiger partial charge on any atom is -0.309 e. The standard InChI is InChI=1S/C13H16ClN/c1-3-4-7-10-15-11(2)12-8-5-6-9-13(12)14/h5-6,8-9,11,15H,7,10H2,1-2H3/t11-/m1/s1. The molecule has 0 aromatic heterocycles. The van der Waals surface area contributed by atoms with Gasteiger partial charge in [-0.15, -0.1) is 11.8 Å². The molecule has 0 unspecified atom stereocenters. The molecule has 0 heterocycles. The Labute approximate surface area is 96.8 Å². The van der Waals surface area contributed by atoms with Gasteiger partial charge >= 0.3 is 0 Å². The summed E-state index contributed by atoms with van der Waals surface area (Å²) in [6.45, 7) is 4.87. The van der Waals surface area contributed by atoms with Crippen LogP contribution in [0.3, 0.4) is 0 Å². The summed E-state index contributed by atoms with van der Waals surface area (Å²) in [5, 5.41) is 4.21. The Morgan fingerprint density at radius 1 is 1.40 bits per heavy atom. The van der Waals surface area contributed by atoms with E-state index in [1.807, 2.05) is 31.2 Å². The van der Waals surface area contributed by atoms with E-state index < -0.39 is 0 Å². The summed E-state index contributed by atoms with van der Waals surface area (Å²) >= 11 is 6.09. The van der Waals surface area contributed by atoms with Crippen LogP contribution in [0, 0.1) is 11.8 Å². The van der Waals surface area contributed by atoms with Gasteiger partial charge in [0, 0.05) is 24.0 Å². The molecule has 1 atom stereocenters. The van der Waals surface area contributed by atoms with Gasteiger partial charge in [0.15, 0.2) is 0 Å². The molecule has 0 aliphatic carbocycles. The highest BCUT2D eigenvalue weighted by atomic mass is 35.5. The SMILES string of the molecule is CC#CCCN[C@H](C)c1ccccc1Cl. The molecule has 15 heavy (non-hydrogen) atoms. The second-order valence-corrected chi connectivity index (χ2v) is 3.78. The third-order valence-corrected chi connectivity index (χ3v) is 2.59. The molecule has 1 N–H and O–H groups in total. The third kappa shape index (κ3) is 3.95. The molecule has 0 aliphatic heterocycles. The van der Waals surface area contributed by atoms with Gasteiger partial charge < -0.3 is 5.32 Å². The highest BCUT2D eigenvalue weighted by molar-refractivity contribution is 6.31. The molecular weight excluding hydrogens is 206 g/mol. The molecule has 0 spiro atoms. The van der Waals surface area contributed by atoms with Crippen molar-refractivity contribution in [2.75, 3.05) is 6.54 Å². The summed E-state index contributed by atoms with van der Waals surface area (Å²) in [4.78, 5) is 0. The monoisotopic (exact) mass is 221 g/mol. The zero-order valence-corrected chi connectivity index (χ0v) is 9.93. The van der Waals surface area contributed by atoms with E-state index in [4.69, 9.17) is 11.6 Å². The second kappa shape index (κ2) is 6.50. The van der Waals surface area contributed by atoms with E-state index in [0.717, 1.165) is 23.6 Å². The highest BCUT2D eigenvalue weighted by Crippen LogP contribution is 2.21. The Kier molecular flexibility index (Phi) is 5.25. The van der Waals surface area contributed by atoms with Crippen LogP contribution in [0.2, 0.25) is 5.02 Å². The first-order chi connectivity index (χ1) is 7.25. The van der Waals surface area contributed by atoms with E-state index in [1.54, 1.807) is 0 Å². The van der Waals surface area contributed by atoms with Gasteiger partial charge in [0.05, 0.1) is 0 Å². The molecule has 0 saturated carbocycles. The fourth-order valence-corrected chi connectivity index (χ4v) is 1.71. The molecule has 1 nitrogen and oxygen atoms in total. The summed E-state index contributed by atoms with van der Waals surface area (Å²) in [5.74, 6) is 5.90. The number of halogens is 1. The van der Waals surface area contributed by atoms with Crippen molar-refractivity contribution in [3.05, 3.63) is 34.9 Å². The molecule has 0 aliphatic rings. The van der Waals surface area contributed by atoms with Crippen LogP contribution < -0.4 is 5.32 Å². The lowest BCUT2D eigenvalue weighted by Gasteiger charge is -2.14. The van der Waals surface area contributed by atoms with Crippen molar-refractivity contribution >= 4 is 11.6 Å². The Morgan fingerprint density at radius 3 is 2.80 bits per heavy atom. The first-order valence-corrected chi connectivity index (χ1v) is 5.51. The van der Waals surface area contributed by atoms with Crippen LogP contribution in [0.1, 0.15) is 31.9 Å². The number of nitrogens with one attached hydrogen (secondary N) is 1. The van der Waals surface area contributed by atoms with Gasteiger partial charge in [-0.05, 0) is 25.5 Å². The first-order valence-electron chi connectivity index (χ1n) is 5.13. The summed E-state index contributed by atoms with van der Waals surface area (Å²) in [6, 6.07) is 8.19. The quantitative estimate of drug-likeness (QED) is 0.607. The smallest absolute Gasteiger partial charge is 0.0453 e. The summed E-state index contributed by atoms with van der Waals surface area (Å²) in [5.41, 5.74) is 1.14. The zero-order valence-electron chi connectivity index (χ0n) is 9.18. The van der Waals surface area contributed by atoms with Crippen LogP contribution in [-0.4, -0.2) is 6.54 Å². The second-order valence-electron chi connectivity index (χ2n) is 3.37. The number of hydrogen-bond donors (Lipinski definition) is 1. The molecule has 0 radical (unpaired) electrons. The summed E-state index contributed by atoms with van der Waals surface area (Å²) < 4.78 is 0. The predicted octanol–water partition coefficient (Wildman–Crippen LogP) is 3.40. The fraction of sp³-hybridized carbons (Fsp3) is 0.385. The lowest BCUT2D eigenvalue weighted by Crippen LogP contribution is -2.19. The average molecular weight is 222 g/mol. The van der Waals surface area contributed by atoms with Crippen molar-refractivity contribution in [1.29, 1.82) is 0 Å². The Bertz CT molecular complexity index is 362. The fourth-order valence-electron chi connectivity index (χ4n) is 1.41. The van der Waals surface area contributed by atoms with Gasteiger partial charge in [-0.1, -0.05) is 29.8 Å².